The molecule has 0 bridgehead atoms. The fourth-order valence-electron chi connectivity index (χ4n) is 6.49. The Morgan fingerprint density at radius 2 is 0.978 bits per heavy atom. The quantitative estimate of drug-likeness (QED) is 0.198. The standard InChI is InChI=1S/C42H28N2S2/c1-3-11-28(12-4-1)33-15-7-9-17-38(33)44(31-13-5-2-6-14-31)32-21-24-40-37(27-32)36-23-20-30(26-42(36)46-40)43-29-19-22-35-34-16-8-10-18-39(34)45-41(35)25-29/h1-27,43H. The van der Waals surface area contributed by atoms with Crippen LogP contribution in [0.3, 0.4) is 0 Å². The number of anilines is 5. The minimum absolute atomic E-state index is 1.10. The summed E-state index contributed by atoms with van der Waals surface area (Å²) in [6.07, 6.45) is 0. The Balaban J connectivity index is 1.11. The van der Waals surface area contributed by atoms with Crippen molar-refractivity contribution in [2.24, 2.45) is 0 Å². The number of fused-ring (bicyclic) bond motifs is 6. The van der Waals surface area contributed by atoms with Gasteiger partial charge in [0.25, 0.3) is 0 Å². The van der Waals surface area contributed by atoms with Crippen LogP contribution in [0.1, 0.15) is 0 Å². The Labute approximate surface area is 275 Å². The lowest BCUT2D eigenvalue weighted by Crippen LogP contribution is -2.11. The molecule has 9 aromatic rings. The van der Waals surface area contributed by atoms with Crippen molar-refractivity contribution in [2.45, 2.75) is 0 Å². The summed E-state index contributed by atoms with van der Waals surface area (Å²) in [6, 6.07) is 59.0. The molecule has 0 atom stereocenters. The Morgan fingerprint density at radius 3 is 1.74 bits per heavy atom. The first-order valence-corrected chi connectivity index (χ1v) is 17.1. The molecule has 2 nitrogen and oxygen atoms in total. The van der Waals surface area contributed by atoms with Gasteiger partial charge in [0.05, 0.1) is 5.69 Å². The maximum Gasteiger partial charge on any atom is 0.0540 e. The zero-order chi connectivity index (χ0) is 30.5. The highest BCUT2D eigenvalue weighted by molar-refractivity contribution is 7.26. The fourth-order valence-corrected chi connectivity index (χ4v) is 8.76. The molecule has 218 valence electrons. The number of hydrogen-bond donors (Lipinski definition) is 1. The zero-order valence-corrected chi connectivity index (χ0v) is 26.5. The average Bonchev–Trinajstić information content (AvgIpc) is 3.66. The molecule has 46 heavy (non-hydrogen) atoms. The van der Waals surface area contributed by atoms with E-state index in [0.717, 1.165) is 28.4 Å². The summed E-state index contributed by atoms with van der Waals surface area (Å²) in [5, 5.41) is 8.87. The van der Waals surface area contributed by atoms with Gasteiger partial charge in [0.1, 0.15) is 0 Å². The van der Waals surface area contributed by atoms with Crippen molar-refractivity contribution < 1.29 is 0 Å². The maximum absolute atomic E-state index is 3.68. The molecule has 2 heterocycles. The largest absolute Gasteiger partial charge is 0.355 e. The van der Waals surface area contributed by atoms with Gasteiger partial charge in [-0.3, -0.25) is 0 Å². The number of benzene rings is 7. The Hall–Kier alpha value is -5.42. The lowest BCUT2D eigenvalue weighted by molar-refractivity contribution is 1.29. The van der Waals surface area contributed by atoms with E-state index in [-0.39, 0.29) is 0 Å². The highest BCUT2D eigenvalue weighted by atomic mass is 32.1. The zero-order valence-electron chi connectivity index (χ0n) is 24.9. The van der Waals surface area contributed by atoms with E-state index in [9.17, 15) is 0 Å². The molecule has 0 radical (unpaired) electrons. The van der Waals surface area contributed by atoms with Crippen LogP contribution in [0.5, 0.6) is 0 Å². The summed E-state index contributed by atoms with van der Waals surface area (Å²) < 4.78 is 5.19. The molecule has 0 saturated heterocycles. The molecule has 9 rings (SSSR count). The van der Waals surface area contributed by atoms with Crippen molar-refractivity contribution in [1.29, 1.82) is 0 Å². The Kier molecular flexibility index (Phi) is 6.55. The second-order valence-corrected chi connectivity index (χ2v) is 13.6. The Bertz CT molecular complexity index is 2510. The van der Waals surface area contributed by atoms with Crippen LogP contribution in [0.15, 0.2) is 164 Å². The van der Waals surface area contributed by atoms with Gasteiger partial charge in [0, 0.05) is 68.7 Å². The first-order chi connectivity index (χ1) is 22.8. The molecule has 1 N–H and O–H groups in total. The molecule has 2 aromatic heterocycles. The third-order valence-corrected chi connectivity index (χ3v) is 10.9. The van der Waals surface area contributed by atoms with Crippen molar-refractivity contribution in [3.05, 3.63) is 164 Å². The molecule has 0 aliphatic rings. The van der Waals surface area contributed by atoms with Crippen LogP contribution in [-0.2, 0) is 0 Å². The fraction of sp³-hybridized carbons (Fsp3) is 0. The number of thiophene rings is 2. The van der Waals surface area contributed by atoms with Crippen LogP contribution in [0, 0.1) is 0 Å². The van der Waals surface area contributed by atoms with Crippen LogP contribution in [0.25, 0.3) is 51.5 Å². The molecule has 0 aliphatic carbocycles. The van der Waals surface area contributed by atoms with E-state index in [4.69, 9.17) is 0 Å². The van der Waals surface area contributed by atoms with Crippen molar-refractivity contribution in [1.82, 2.24) is 0 Å². The van der Waals surface area contributed by atoms with Crippen LogP contribution in [-0.4, -0.2) is 0 Å². The van der Waals surface area contributed by atoms with Crippen LogP contribution in [0.4, 0.5) is 28.4 Å². The minimum atomic E-state index is 1.10. The van der Waals surface area contributed by atoms with E-state index in [0.29, 0.717) is 0 Å². The van der Waals surface area contributed by atoms with Gasteiger partial charge < -0.3 is 10.2 Å². The molecule has 0 fully saturated rings. The third kappa shape index (κ3) is 4.71. The Morgan fingerprint density at radius 1 is 0.391 bits per heavy atom. The minimum Gasteiger partial charge on any atom is -0.355 e. The smallest absolute Gasteiger partial charge is 0.0540 e. The van der Waals surface area contributed by atoms with E-state index in [1.807, 2.05) is 22.7 Å². The normalized spacial score (nSPS) is 11.5. The van der Waals surface area contributed by atoms with E-state index in [1.165, 1.54) is 51.5 Å². The third-order valence-electron chi connectivity index (χ3n) is 8.62. The monoisotopic (exact) mass is 624 g/mol. The van der Waals surface area contributed by atoms with Crippen molar-refractivity contribution in [3.63, 3.8) is 0 Å². The van der Waals surface area contributed by atoms with Crippen molar-refractivity contribution in [2.75, 3.05) is 10.2 Å². The number of para-hydroxylation sites is 2. The number of nitrogens with one attached hydrogen (secondary N) is 1. The predicted molar refractivity (Wildman–Crippen MR) is 202 cm³/mol. The lowest BCUT2D eigenvalue weighted by Gasteiger charge is -2.28. The van der Waals surface area contributed by atoms with Gasteiger partial charge in [-0.2, -0.15) is 0 Å². The molecule has 0 saturated carbocycles. The summed E-state index contributed by atoms with van der Waals surface area (Å²) in [6.45, 7) is 0. The summed E-state index contributed by atoms with van der Waals surface area (Å²) >= 11 is 3.70. The van der Waals surface area contributed by atoms with Gasteiger partial charge in [0.15, 0.2) is 0 Å². The average molecular weight is 625 g/mol. The lowest BCUT2D eigenvalue weighted by atomic mass is 10.0. The van der Waals surface area contributed by atoms with Crippen LogP contribution in [0.2, 0.25) is 0 Å². The highest BCUT2D eigenvalue weighted by Crippen LogP contribution is 2.44. The van der Waals surface area contributed by atoms with Crippen LogP contribution < -0.4 is 10.2 Å². The summed E-state index contributed by atoms with van der Waals surface area (Å²) in [7, 11) is 0. The van der Waals surface area contributed by atoms with Crippen molar-refractivity contribution >= 4 is 91.5 Å². The summed E-state index contributed by atoms with van der Waals surface area (Å²) in [4.78, 5) is 2.38. The number of rotatable bonds is 6. The van der Waals surface area contributed by atoms with E-state index >= 15 is 0 Å². The van der Waals surface area contributed by atoms with Gasteiger partial charge in [-0.25, -0.2) is 0 Å². The molecule has 0 aliphatic heterocycles. The summed E-state index contributed by atoms with van der Waals surface area (Å²) in [5.74, 6) is 0. The molecular formula is C42H28N2S2. The molecule has 0 spiro atoms. The van der Waals surface area contributed by atoms with Gasteiger partial charge in [-0.1, -0.05) is 97.1 Å². The second-order valence-electron chi connectivity index (χ2n) is 11.5. The molecule has 4 heteroatoms. The maximum atomic E-state index is 3.68. The predicted octanol–water partition coefficient (Wildman–Crippen LogP) is 13.3. The molecule has 0 unspecified atom stereocenters. The van der Waals surface area contributed by atoms with Gasteiger partial charge in [-0.05, 0) is 72.3 Å². The molecule has 7 aromatic carbocycles. The molecule has 0 amide bonds. The van der Waals surface area contributed by atoms with Gasteiger partial charge >= 0.3 is 0 Å². The van der Waals surface area contributed by atoms with E-state index < -0.39 is 0 Å². The number of nitrogens with zero attached hydrogens (tertiary/aromatic N) is 1. The number of hydrogen-bond acceptors (Lipinski definition) is 4. The van der Waals surface area contributed by atoms with E-state index in [2.05, 4.69) is 174 Å². The van der Waals surface area contributed by atoms with Crippen molar-refractivity contribution in [3.8, 4) is 11.1 Å². The molecular weight excluding hydrogens is 597 g/mol. The van der Waals surface area contributed by atoms with Gasteiger partial charge in [0.2, 0.25) is 0 Å². The first kappa shape index (κ1) is 26.9. The summed E-state index contributed by atoms with van der Waals surface area (Å²) in [5.41, 5.74) is 8.03. The van der Waals surface area contributed by atoms with Gasteiger partial charge in [-0.15, -0.1) is 22.7 Å². The second kappa shape index (κ2) is 11.2. The first-order valence-electron chi connectivity index (χ1n) is 15.4. The van der Waals surface area contributed by atoms with E-state index in [1.54, 1.807) is 0 Å². The topological polar surface area (TPSA) is 15.3 Å². The SMILES string of the molecule is c1ccc(-c2ccccc2N(c2ccccc2)c2ccc3sc4cc(Nc5ccc6c(c5)sc5ccccc56)ccc4c3c2)cc1. The highest BCUT2D eigenvalue weighted by Gasteiger charge is 2.18. The van der Waals surface area contributed by atoms with Crippen LogP contribution >= 0.6 is 22.7 Å².